The quantitative estimate of drug-likeness (QED) is 0.480. The van der Waals surface area contributed by atoms with Crippen molar-refractivity contribution in [3.63, 3.8) is 0 Å². The highest BCUT2D eigenvalue weighted by Gasteiger charge is 2.22. The molecule has 0 aromatic heterocycles. The van der Waals surface area contributed by atoms with Crippen LogP contribution in [0.15, 0.2) is 53.4 Å². The van der Waals surface area contributed by atoms with Crippen molar-refractivity contribution in [2.24, 2.45) is 5.92 Å². The number of nitrogens with one attached hydrogen (secondary N) is 1. The van der Waals surface area contributed by atoms with E-state index in [0.29, 0.717) is 40.9 Å². The van der Waals surface area contributed by atoms with Crippen LogP contribution in [0.2, 0.25) is 0 Å². The van der Waals surface area contributed by atoms with Crippen LogP contribution in [0.5, 0.6) is 5.75 Å². The van der Waals surface area contributed by atoms with E-state index in [1.54, 1.807) is 60.5 Å². The Labute approximate surface area is 192 Å². The first-order valence-corrected chi connectivity index (χ1v) is 11.6. The number of ether oxygens (including phenoxy) is 2. The zero-order valence-electron chi connectivity index (χ0n) is 18.3. The van der Waals surface area contributed by atoms with Crippen molar-refractivity contribution in [1.82, 2.24) is 4.90 Å². The third-order valence-corrected chi connectivity index (χ3v) is 6.23. The molecule has 7 nitrogen and oxygen atoms in total. The predicted molar refractivity (Wildman–Crippen MR) is 124 cm³/mol. The molecule has 1 saturated heterocycles. The minimum atomic E-state index is -0.570. The number of hydrogen-bond acceptors (Lipinski definition) is 6. The molecule has 1 atom stereocenters. The fraction of sp³-hybridized carbons (Fsp3) is 0.375. The number of amides is 2. The first kappa shape index (κ1) is 23.7. The van der Waals surface area contributed by atoms with Crippen molar-refractivity contribution in [3.8, 4) is 5.75 Å². The highest BCUT2D eigenvalue weighted by atomic mass is 32.2. The number of carbonyl (C=O) groups is 3. The van der Waals surface area contributed by atoms with Gasteiger partial charge in [-0.15, -0.1) is 11.8 Å². The number of carbonyl (C=O) groups excluding carboxylic acids is 3. The first-order chi connectivity index (χ1) is 15.5. The van der Waals surface area contributed by atoms with Crippen LogP contribution in [-0.2, 0) is 14.3 Å². The Morgan fingerprint density at radius 1 is 1.16 bits per heavy atom. The van der Waals surface area contributed by atoms with E-state index in [-0.39, 0.29) is 24.2 Å². The van der Waals surface area contributed by atoms with E-state index >= 15 is 0 Å². The predicted octanol–water partition coefficient (Wildman–Crippen LogP) is 3.84. The molecule has 32 heavy (non-hydrogen) atoms. The van der Waals surface area contributed by atoms with Crippen LogP contribution in [0.1, 0.15) is 30.1 Å². The van der Waals surface area contributed by atoms with Crippen LogP contribution in [0.3, 0.4) is 0 Å². The van der Waals surface area contributed by atoms with E-state index < -0.39 is 5.97 Å². The number of hydrogen-bond donors (Lipinski definition) is 1. The number of anilines is 1. The zero-order chi connectivity index (χ0) is 22.9. The molecule has 3 rings (SSSR count). The summed E-state index contributed by atoms with van der Waals surface area (Å²) in [6.07, 6.45) is 2.08. The molecule has 8 heteroatoms. The number of nitrogens with zero attached hydrogens (tertiary/aromatic N) is 1. The number of likely N-dealkylation sites (tertiary alicyclic amines) is 1. The van der Waals surface area contributed by atoms with Gasteiger partial charge in [0.2, 0.25) is 5.91 Å². The fourth-order valence-corrected chi connectivity index (χ4v) is 4.36. The van der Waals surface area contributed by atoms with Gasteiger partial charge in [0.1, 0.15) is 5.75 Å². The van der Waals surface area contributed by atoms with E-state index in [4.69, 9.17) is 9.47 Å². The Bertz CT molecular complexity index is 965. The molecule has 1 unspecified atom stereocenters. The van der Waals surface area contributed by atoms with E-state index in [1.165, 1.54) is 11.8 Å². The summed E-state index contributed by atoms with van der Waals surface area (Å²) in [5.74, 6) is 0.278. The van der Waals surface area contributed by atoms with Gasteiger partial charge in [-0.2, -0.15) is 0 Å². The van der Waals surface area contributed by atoms with Gasteiger partial charge in [-0.05, 0) is 43.0 Å². The van der Waals surface area contributed by atoms with Gasteiger partial charge >= 0.3 is 5.97 Å². The summed E-state index contributed by atoms with van der Waals surface area (Å²) in [7, 11) is 1.56. The lowest BCUT2D eigenvalue weighted by molar-refractivity contribution is -0.136. The van der Waals surface area contributed by atoms with Gasteiger partial charge in [0.15, 0.2) is 6.61 Å². The second kappa shape index (κ2) is 11.6. The van der Waals surface area contributed by atoms with Gasteiger partial charge in [-0.25, -0.2) is 4.79 Å². The molecule has 1 aliphatic rings. The normalized spacial score (nSPS) is 15.7. The maximum atomic E-state index is 12.6. The van der Waals surface area contributed by atoms with Gasteiger partial charge in [-0.1, -0.05) is 25.1 Å². The van der Waals surface area contributed by atoms with Crippen molar-refractivity contribution in [2.75, 3.05) is 37.9 Å². The maximum Gasteiger partial charge on any atom is 0.339 e. The molecule has 170 valence electrons. The molecule has 2 aromatic rings. The molecule has 0 aliphatic carbocycles. The van der Waals surface area contributed by atoms with Gasteiger partial charge in [0, 0.05) is 29.7 Å². The van der Waals surface area contributed by atoms with Crippen molar-refractivity contribution in [2.45, 2.75) is 24.7 Å². The fourth-order valence-electron chi connectivity index (χ4n) is 3.51. The molecule has 1 N–H and O–H groups in total. The highest BCUT2D eigenvalue weighted by Crippen LogP contribution is 2.24. The Morgan fingerprint density at radius 3 is 2.75 bits per heavy atom. The van der Waals surface area contributed by atoms with Crippen LogP contribution in [0.25, 0.3) is 0 Å². The minimum Gasteiger partial charge on any atom is -0.497 e. The number of methoxy groups -OCH3 is 1. The first-order valence-electron chi connectivity index (χ1n) is 10.6. The SMILES string of the molecule is COc1cccc(NC(=O)CSc2ccccc2C(=O)OCC(=O)N2CCCC(C)C2)c1. The zero-order valence-corrected chi connectivity index (χ0v) is 19.2. The van der Waals surface area contributed by atoms with Gasteiger partial charge in [0.05, 0.1) is 18.4 Å². The van der Waals surface area contributed by atoms with Gasteiger partial charge in [-0.3, -0.25) is 9.59 Å². The van der Waals surface area contributed by atoms with E-state index in [9.17, 15) is 14.4 Å². The lowest BCUT2D eigenvalue weighted by atomic mass is 10.0. The summed E-state index contributed by atoms with van der Waals surface area (Å²) in [5.41, 5.74) is 0.972. The van der Waals surface area contributed by atoms with Gasteiger partial charge < -0.3 is 19.7 Å². The molecule has 0 spiro atoms. The van der Waals surface area contributed by atoms with E-state index in [0.717, 1.165) is 12.8 Å². The van der Waals surface area contributed by atoms with Crippen LogP contribution in [0.4, 0.5) is 5.69 Å². The summed E-state index contributed by atoms with van der Waals surface area (Å²) in [6.45, 7) is 3.24. The van der Waals surface area contributed by atoms with Crippen LogP contribution < -0.4 is 10.1 Å². The Morgan fingerprint density at radius 2 is 1.97 bits per heavy atom. The standard InChI is InChI=1S/C24H28N2O5S/c1-17-7-6-12-26(14-17)23(28)15-31-24(29)20-10-3-4-11-21(20)32-16-22(27)25-18-8-5-9-19(13-18)30-2/h3-5,8-11,13,17H,6-7,12,14-16H2,1-2H3,(H,25,27). The van der Waals surface area contributed by atoms with Crippen molar-refractivity contribution >= 4 is 35.2 Å². The smallest absolute Gasteiger partial charge is 0.339 e. The Balaban J connectivity index is 1.53. The monoisotopic (exact) mass is 456 g/mol. The van der Waals surface area contributed by atoms with Crippen molar-refractivity contribution < 1.29 is 23.9 Å². The van der Waals surface area contributed by atoms with E-state index in [2.05, 4.69) is 12.2 Å². The number of rotatable bonds is 8. The second-order valence-corrected chi connectivity index (χ2v) is 8.75. The molecular weight excluding hydrogens is 428 g/mol. The maximum absolute atomic E-state index is 12.6. The molecule has 1 fully saturated rings. The molecule has 1 aliphatic heterocycles. The Hall–Kier alpha value is -3.00. The molecule has 0 saturated carbocycles. The lowest BCUT2D eigenvalue weighted by Gasteiger charge is -2.30. The number of thioether (sulfide) groups is 1. The lowest BCUT2D eigenvalue weighted by Crippen LogP contribution is -2.41. The summed E-state index contributed by atoms with van der Waals surface area (Å²) in [6, 6.07) is 14.0. The average Bonchev–Trinajstić information content (AvgIpc) is 2.81. The van der Waals surface area contributed by atoms with Gasteiger partial charge in [0.25, 0.3) is 5.91 Å². The van der Waals surface area contributed by atoms with E-state index in [1.807, 2.05) is 0 Å². The topological polar surface area (TPSA) is 84.9 Å². The molecule has 0 radical (unpaired) electrons. The third-order valence-electron chi connectivity index (χ3n) is 5.16. The molecule has 1 heterocycles. The summed E-state index contributed by atoms with van der Waals surface area (Å²) in [5, 5.41) is 2.81. The number of esters is 1. The molecule has 2 amide bonds. The molecule has 2 aromatic carbocycles. The number of piperidine rings is 1. The minimum absolute atomic E-state index is 0.117. The molecular formula is C24H28N2O5S. The van der Waals surface area contributed by atoms with Crippen LogP contribution in [-0.4, -0.2) is 55.2 Å². The van der Waals surface area contributed by atoms with Crippen molar-refractivity contribution in [3.05, 3.63) is 54.1 Å². The number of benzene rings is 2. The van der Waals surface area contributed by atoms with Crippen LogP contribution >= 0.6 is 11.8 Å². The third kappa shape index (κ3) is 6.75. The Kier molecular flexibility index (Phi) is 8.56. The summed E-state index contributed by atoms with van der Waals surface area (Å²) < 4.78 is 10.4. The average molecular weight is 457 g/mol. The summed E-state index contributed by atoms with van der Waals surface area (Å²) >= 11 is 1.24. The van der Waals surface area contributed by atoms with Crippen LogP contribution in [0, 0.1) is 5.92 Å². The van der Waals surface area contributed by atoms with Crippen molar-refractivity contribution in [1.29, 1.82) is 0 Å². The second-order valence-electron chi connectivity index (χ2n) is 7.73. The molecule has 0 bridgehead atoms. The summed E-state index contributed by atoms with van der Waals surface area (Å²) in [4.78, 5) is 39.7. The highest BCUT2D eigenvalue weighted by molar-refractivity contribution is 8.00. The largest absolute Gasteiger partial charge is 0.497 e.